The molecule has 1 atom stereocenters. The zero-order chi connectivity index (χ0) is 14.0. The van der Waals surface area contributed by atoms with E-state index in [1.807, 2.05) is 50.2 Å². The molecule has 0 radical (unpaired) electrons. The van der Waals surface area contributed by atoms with Gasteiger partial charge in [0.2, 0.25) is 0 Å². The molecule has 2 aromatic rings. The lowest BCUT2D eigenvalue weighted by Gasteiger charge is -2.15. The summed E-state index contributed by atoms with van der Waals surface area (Å²) in [6.45, 7) is 4.00. The third-order valence-electron chi connectivity index (χ3n) is 3.21. The lowest BCUT2D eigenvalue weighted by molar-refractivity contribution is 0.177. The van der Waals surface area contributed by atoms with Crippen molar-refractivity contribution in [2.24, 2.45) is 0 Å². The van der Waals surface area contributed by atoms with Crippen molar-refractivity contribution < 1.29 is 5.11 Å². The van der Waals surface area contributed by atoms with E-state index in [0.29, 0.717) is 11.4 Å². The van der Waals surface area contributed by atoms with E-state index >= 15 is 0 Å². The van der Waals surface area contributed by atoms with Gasteiger partial charge in [-0.05, 0) is 54.3 Å². The molecule has 1 nitrogen and oxygen atoms in total. The van der Waals surface area contributed by atoms with Crippen molar-refractivity contribution in [3.63, 3.8) is 0 Å². The second kappa shape index (κ2) is 6.08. The summed E-state index contributed by atoms with van der Waals surface area (Å²) in [7, 11) is 0. The zero-order valence-corrected chi connectivity index (χ0v) is 13.3. The Bertz CT molecular complexity index is 595. The molecular weight excluding hydrogens is 324 g/mol. The van der Waals surface area contributed by atoms with E-state index in [-0.39, 0.29) is 0 Å². The molecule has 2 aromatic carbocycles. The van der Waals surface area contributed by atoms with E-state index in [1.165, 1.54) is 0 Å². The number of aliphatic hydroxyl groups excluding tert-OH is 1. The number of halogens is 2. The fourth-order valence-corrected chi connectivity index (χ4v) is 2.94. The van der Waals surface area contributed by atoms with Gasteiger partial charge in [0, 0.05) is 15.9 Å². The molecule has 0 aromatic heterocycles. The molecule has 1 unspecified atom stereocenters. The van der Waals surface area contributed by atoms with Crippen molar-refractivity contribution in [2.75, 3.05) is 0 Å². The molecule has 0 aliphatic heterocycles. The minimum Gasteiger partial charge on any atom is -0.388 e. The molecule has 0 aliphatic rings. The highest BCUT2D eigenvalue weighted by atomic mass is 79.9. The van der Waals surface area contributed by atoms with Crippen molar-refractivity contribution in [1.29, 1.82) is 0 Å². The van der Waals surface area contributed by atoms with Crippen LogP contribution in [0.4, 0.5) is 0 Å². The Labute approximate surface area is 127 Å². The molecule has 0 fully saturated rings. The summed E-state index contributed by atoms with van der Waals surface area (Å²) >= 11 is 9.64. The fraction of sp³-hybridized carbons (Fsp3) is 0.250. The average Bonchev–Trinajstić information content (AvgIpc) is 2.32. The summed E-state index contributed by atoms with van der Waals surface area (Å²) in [5.41, 5.74) is 4.12. The molecule has 0 spiro atoms. The molecule has 0 aliphatic carbocycles. The third kappa shape index (κ3) is 3.59. The van der Waals surface area contributed by atoms with Crippen molar-refractivity contribution in [1.82, 2.24) is 0 Å². The Morgan fingerprint density at radius 3 is 2.53 bits per heavy atom. The largest absolute Gasteiger partial charge is 0.388 e. The van der Waals surface area contributed by atoms with Crippen LogP contribution < -0.4 is 0 Å². The topological polar surface area (TPSA) is 20.2 Å². The van der Waals surface area contributed by atoms with Crippen LogP contribution in [0.3, 0.4) is 0 Å². The van der Waals surface area contributed by atoms with E-state index in [2.05, 4.69) is 15.9 Å². The summed E-state index contributed by atoms with van der Waals surface area (Å²) < 4.78 is 1.02. The Kier molecular flexibility index (Phi) is 4.67. The van der Waals surface area contributed by atoms with Crippen molar-refractivity contribution >= 4 is 27.5 Å². The predicted octanol–water partition coefficient (Wildman–Crippen LogP) is 5.00. The Balaban J connectivity index is 2.23. The normalized spacial score (nSPS) is 12.5. The van der Waals surface area contributed by atoms with Gasteiger partial charge in [-0.3, -0.25) is 0 Å². The van der Waals surface area contributed by atoms with Crippen LogP contribution in [-0.4, -0.2) is 5.11 Å². The van der Waals surface area contributed by atoms with Crippen molar-refractivity contribution in [3.05, 3.63) is 68.1 Å². The van der Waals surface area contributed by atoms with Crippen LogP contribution >= 0.6 is 27.5 Å². The highest BCUT2D eigenvalue weighted by Crippen LogP contribution is 2.27. The van der Waals surface area contributed by atoms with E-state index in [1.54, 1.807) is 0 Å². The average molecular weight is 340 g/mol. The smallest absolute Gasteiger partial charge is 0.0833 e. The predicted molar refractivity (Wildman–Crippen MR) is 83.7 cm³/mol. The van der Waals surface area contributed by atoms with Gasteiger partial charge in [-0.25, -0.2) is 0 Å². The molecular formula is C16H16BrClO. The zero-order valence-electron chi connectivity index (χ0n) is 11.0. The van der Waals surface area contributed by atoms with Crippen LogP contribution in [-0.2, 0) is 6.42 Å². The van der Waals surface area contributed by atoms with E-state index < -0.39 is 6.10 Å². The highest BCUT2D eigenvalue weighted by molar-refractivity contribution is 9.10. The standard InChI is InChI=1S/C16H16BrClO/c1-10-3-4-12(15(18)7-10)9-16(19)14-6-5-13(17)8-11(14)2/h3-8,16,19H,9H2,1-2H3. The second-order valence-electron chi connectivity index (χ2n) is 4.82. The van der Waals surface area contributed by atoms with Gasteiger partial charge < -0.3 is 5.11 Å². The molecule has 1 N–H and O–H groups in total. The quantitative estimate of drug-likeness (QED) is 0.834. The van der Waals surface area contributed by atoms with Gasteiger partial charge in [0.1, 0.15) is 0 Å². The molecule has 0 saturated heterocycles. The lowest BCUT2D eigenvalue weighted by atomic mass is 9.97. The Hall–Kier alpha value is -0.830. The molecule has 0 heterocycles. The summed E-state index contributed by atoms with van der Waals surface area (Å²) in [5, 5.41) is 11.1. The van der Waals surface area contributed by atoms with Gasteiger partial charge >= 0.3 is 0 Å². The third-order valence-corrected chi connectivity index (χ3v) is 4.06. The SMILES string of the molecule is Cc1ccc(CC(O)c2ccc(Br)cc2C)c(Cl)c1. The van der Waals surface area contributed by atoms with Crippen molar-refractivity contribution in [3.8, 4) is 0 Å². The number of hydrogen-bond donors (Lipinski definition) is 1. The van der Waals surface area contributed by atoms with Crippen LogP contribution in [0, 0.1) is 13.8 Å². The molecule has 0 bridgehead atoms. The number of aryl methyl sites for hydroxylation is 2. The molecule has 2 rings (SSSR count). The molecule has 0 amide bonds. The van der Waals surface area contributed by atoms with Crippen molar-refractivity contribution in [2.45, 2.75) is 26.4 Å². The van der Waals surface area contributed by atoms with E-state index in [9.17, 15) is 5.11 Å². The number of rotatable bonds is 3. The summed E-state index contributed by atoms with van der Waals surface area (Å²) in [6, 6.07) is 11.8. The first-order valence-corrected chi connectivity index (χ1v) is 7.33. The number of benzene rings is 2. The fourth-order valence-electron chi connectivity index (χ4n) is 2.15. The summed E-state index contributed by atoms with van der Waals surface area (Å²) in [4.78, 5) is 0. The minimum atomic E-state index is -0.534. The Morgan fingerprint density at radius 1 is 1.16 bits per heavy atom. The van der Waals surface area contributed by atoms with Gasteiger partial charge in [0.25, 0.3) is 0 Å². The van der Waals surface area contributed by atoms with Crippen LogP contribution in [0.1, 0.15) is 28.4 Å². The molecule has 0 saturated carbocycles. The van der Waals surface area contributed by atoms with Crippen LogP contribution in [0.2, 0.25) is 5.02 Å². The maximum atomic E-state index is 10.4. The second-order valence-corrected chi connectivity index (χ2v) is 6.14. The summed E-state index contributed by atoms with van der Waals surface area (Å²) in [6.07, 6.45) is -0.00462. The molecule has 19 heavy (non-hydrogen) atoms. The van der Waals surface area contributed by atoms with Crippen LogP contribution in [0.5, 0.6) is 0 Å². The first-order valence-electron chi connectivity index (χ1n) is 6.16. The van der Waals surface area contributed by atoms with Gasteiger partial charge in [0.15, 0.2) is 0 Å². The minimum absolute atomic E-state index is 0.529. The molecule has 100 valence electrons. The van der Waals surface area contributed by atoms with Gasteiger partial charge in [-0.15, -0.1) is 0 Å². The Morgan fingerprint density at radius 2 is 1.89 bits per heavy atom. The van der Waals surface area contributed by atoms with Crippen LogP contribution in [0.25, 0.3) is 0 Å². The summed E-state index contributed by atoms with van der Waals surface area (Å²) in [5.74, 6) is 0. The maximum Gasteiger partial charge on any atom is 0.0833 e. The first kappa shape index (κ1) is 14.6. The van der Waals surface area contributed by atoms with Gasteiger partial charge in [-0.1, -0.05) is 45.7 Å². The highest BCUT2D eigenvalue weighted by Gasteiger charge is 2.13. The van der Waals surface area contributed by atoms with Gasteiger partial charge in [0.05, 0.1) is 6.10 Å². The lowest BCUT2D eigenvalue weighted by Crippen LogP contribution is -2.04. The maximum absolute atomic E-state index is 10.4. The van der Waals surface area contributed by atoms with Crippen LogP contribution in [0.15, 0.2) is 40.9 Å². The van der Waals surface area contributed by atoms with E-state index in [0.717, 1.165) is 26.7 Å². The van der Waals surface area contributed by atoms with E-state index in [4.69, 9.17) is 11.6 Å². The first-order chi connectivity index (χ1) is 8.97. The number of hydrogen-bond acceptors (Lipinski definition) is 1. The monoisotopic (exact) mass is 338 g/mol. The van der Waals surface area contributed by atoms with Gasteiger partial charge in [-0.2, -0.15) is 0 Å². The molecule has 3 heteroatoms. The number of aliphatic hydroxyl groups is 1.